The number of morpholine rings is 2. The SMILES string of the molecule is Cn1c(N2CCOCC2)nc2nc(Cl)nc(N3CCOCC3)c21. The van der Waals surface area contributed by atoms with Crippen LogP contribution in [0.25, 0.3) is 11.2 Å². The molecule has 2 aromatic heterocycles. The van der Waals surface area contributed by atoms with E-state index in [0.717, 1.165) is 43.5 Å². The number of nitrogens with zero attached hydrogens (tertiary/aromatic N) is 6. The molecule has 0 amide bonds. The summed E-state index contributed by atoms with van der Waals surface area (Å²) in [6.07, 6.45) is 0. The van der Waals surface area contributed by atoms with Crippen LogP contribution in [-0.2, 0) is 16.5 Å². The van der Waals surface area contributed by atoms with Gasteiger partial charge in [0, 0.05) is 33.2 Å². The molecule has 0 aromatic carbocycles. The standard InChI is InChI=1S/C14H19ClN6O2/c1-19-10-11(17-14(19)21-4-8-23-9-5-21)16-13(15)18-12(10)20-2-6-22-7-3-20/h2-9H2,1H3. The number of halogens is 1. The van der Waals surface area contributed by atoms with E-state index in [1.165, 1.54) is 0 Å². The Morgan fingerprint density at radius 2 is 1.48 bits per heavy atom. The number of ether oxygens (including phenoxy) is 2. The van der Waals surface area contributed by atoms with Crippen molar-refractivity contribution in [3.05, 3.63) is 5.28 Å². The lowest BCUT2D eigenvalue weighted by molar-refractivity contribution is 0.121. The van der Waals surface area contributed by atoms with E-state index in [1.807, 2.05) is 7.05 Å². The molecule has 0 saturated carbocycles. The zero-order valence-electron chi connectivity index (χ0n) is 13.0. The quantitative estimate of drug-likeness (QED) is 0.746. The summed E-state index contributed by atoms with van der Waals surface area (Å²) in [5.74, 6) is 1.71. The Bertz CT molecular complexity index is 709. The van der Waals surface area contributed by atoms with Gasteiger partial charge in [0.1, 0.15) is 5.52 Å². The second kappa shape index (κ2) is 6.10. The highest BCUT2D eigenvalue weighted by Crippen LogP contribution is 2.29. The minimum Gasteiger partial charge on any atom is -0.378 e. The number of imidazole rings is 1. The van der Waals surface area contributed by atoms with E-state index in [-0.39, 0.29) is 5.28 Å². The minimum atomic E-state index is 0.227. The molecule has 2 aliphatic heterocycles. The molecule has 0 spiro atoms. The molecule has 0 radical (unpaired) electrons. The van der Waals surface area contributed by atoms with Gasteiger partial charge in [-0.2, -0.15) is 15.0 Å². The van der Waals surface area contributed by atoms with Crippen molar-refractivity contribution in [2.45, 2.75) is 0 Å². The first-order valence-corrected chi connectivity index (χ1v) is 8.17. The summed E-state index contributed by atoms with van der Waals surface area (Å²) in [7, 11) is 2.00. The lowest BCUT2D eigenvalue weighted by Crippen LogP contribution is -2.38. The molecule has 9 heteroatoms. The van der Waals surface area contributed by atoms with E-state index < -0.39 is 0 Å². The molecule has 8 nitrogen and oxygen atoms in total. The van der Waals surface area contributed by atoms with Gasteiger partial charge in [0.05, 0.1) is 26.4 Å². The Balaban J connectivity index is 1.81. The molecule has 0 aliphatic carbocycles. The van der Waals surface area contributed by atoms with E-state index in [4.69, 9.17) is 26.1 Å². The smallest absolute Gasteiger partial charge is 0.226 e. The molecule has 2 aliphatic rings. The second-order valence-electron chi connectivity index (χ2n) is 5.66. The second-order valence-corrected chi connectivity index (χ2v) is 6.00. The highest BCUT2D eigenvalue weighted by atomic mass is 35.5. The van der Waals surface area contributed by atoms with Crippen LogP contribution in [0.1, 0.15) is 0 Å². The van der Waals surface area contributed by atoms with Crippen molar-refractivity contribution in [1.82, 2.24) is 19.5 Å². The predicted molar refractivity (Wildman–Crippen MR) is 87.4 cm³/mol. The van der Waals surface area contributed by atoms with Gasteiger partial charge in [0.25, 0.3) is 0 Å². The maximum absolute atomic E-state index is 6.13. The van der Waals surface area contributed by atoms with Crippen LogP contribution in [0.4, 0.5) is 11.8 Å². The molecule has 4 rings (SSSR count). The van der Waals surface area contributed by atoms with Crippen molar-refractivity contribution in [3.8, 4) is 0 Å². The monoisotopic (exact) mass is 338 g/mol. The molecule has 0 unspecified atom stereocenters. The molecule has 124 valence electrons. The summed E-state index contributed by atoms with van der Waals surface area (Å²) in [5.41, 5.74) is 1.55. The normalized spacial score (nSPS) is 19.6. The lowest BCUT2D eigenvalue weighted by Gasteiger charge is -2.29. The number of fused-ring (bicyclic) bond motifs is 1. The fourth-order valence-electron chi connectivity index (χ4n) is 3.10. The van der Waals surface area contributed by atoms with Crippen LogP contribution in [0.2, 0.25) is 5.28 Å². The maximum atomic E-state index is 6.13. The van der Waals surface area contributed by atoms with Crippen LogP contribution < -0.4 is 9.80 Å². The van der Waals surface area contributed by atoms with Crippen molar-refractivity contribution in [1.29, 1.82) is 0 Å². The van der Waals surface area contributed by atoms with E-state index >= 15 is 0 Å². The fraction of sp³-hybridized carbons (Fsp3) is 0.643. The van der Waals surface area contributed by atoms with E-state index in [9.17, 15) is 0 Å². The van der Waals surface area contributed by atoms with Gasteiger partial charge in [-0.25, -0.2) is 0 Å². The Kier molecular flexibility index (Phi) is 3.96. The lowest BCUT2D eigenvalue weighted by atomic mass is 10.3. The third-order valence-electron chi connectivity index (χ3n) is 4.27. The minimum absolute atomic E-state index is 0.227. The molecule has 2 aromatic rings. The summed E-state index contributed by atoms with van der Waals surface area (Å²) in [5, 5.41) is 0.227. The average molecular weight is 339 g/mol. The summed E-state index contributed by atoms with van der Waals surface area (Å²) in [6.45, 7) is 6.05. The third kappa shape index (κ3) is 2.71. The highest BCUT2D eigenvalue weighted by molar-refractivity contribution is 6.28. The number of aromatic nitrogens is 4. The summed E-state index contributed by atoms with van der Waals surface area (Å²) in [4.78, 5) is 17.9. The predicted octanol–water partition coefficient (Wildman–Crippen LogP) is 0.690. The number of anilines is 2. The maximum Gasteiger partial charge on any atom is 0.226 e. The van der Waals surface area contributed by atoms with Crippen LogP contribution in [-0.4, -0.2) is 72.1 Å². The summed E-state index contributed by atoms with van der Waals surface area (Å²) in [6, 6.07) is 0. The van der Waals surface area contributed by atoms with E-state index in [2.05, 4.69) is 24.3 Å². The van der Waals surface area contributed by atoms with Crippen molar-refractivity contribution >= 4 is 34.5 Å². The van der Waals surface area contributed by atoms with Crippen LogP contribution in [0.3, 0.4) is 0 Å². The number of hydrogen-bond donors (Lipinski definition) is 0. The van der Waals surface area contributed by atoms with Crippen molar-refractivity contribution in [2.75, 3.05) is 62.4 Å². The molecule has 0 N–H and O–H groups in total. The summed E-state index contributed by atoms with van der Waals surface area (Å²) < 4.78 is 12.9. The number of hydrogen-bond acceptors (Lipinski definition) is 7. The van der Waals surface area contributed by atoms with Gasteiger partial charge in [0.15, 0.2) is 11.5 Å². The van der Waals surface area contributed by atoms with Gasteiger partial charge in [-0.1, -0.05) is 0 Å². The van der Waals surface area contributed by atoms with Crippen molar-refractivity contribution < 1.29 is 9.47 Å². The van der Waals surface area contributed by atoms with Crippen LogP contribution in [0.15, 0.2) is 0 Å². The molecule has 2 saturated heterocycles. The molecular weight excluding hydrogens is 320 g/mol. The highest BCUT2D eigenvalue weighted by Gasteiger charge is 2.24. The Morgan fingerprint density at radius 1 is 0.870 bits per heavy atom. The van der Waals surface area contributed by atoms with Gasteiger partial charge >= 0.3 is 0 Å². The van der Waals surface area contributed by atoms with Crippen molar-refractivity contribution in [3.63, 3.8) is 0 Å². The molecule has 0 bridgehead atoms. The molecular formula is C14H19ClN6O2. The average Bonchev–Trinajstić information content (AvgIpc) is 2.92. The fourth-order valence-corrected chi connectivity index (χ4v) is 3.26. The molecule has 2 fully saturated rings. The first kappa shape index (κ1) is 14.9. The van der Waals surface area contributed by atoms with Gasteiger partial charge < -0.3 is 23.8 Å². The first-order chi connectivity index (χ1) is 11.2. The summed E-state index contributed by atoms with van der Waals surface area (Å²) >= 11 is 6.13. The first-order valence-electron chi connectivity index (χ1n) is 7.79. The largest absolute Gasteiger partial charge is 0.378 e. The third-order valence-corrected chi connectivity index (χ3v) is 4.43. The van der Waals surface area contributed by atoms with E-state index in [1.54, 1.807) is 0 Å². The topological polar surface area (TPSA) is 68.5 Å². The Labute approximate surface area is 139 Å². The molecule has 0 atom stereocenters. The van der Waals surface area contributed by atoms with Crippen LogP contribution >= 0.6 is 11.6 Å². The van der Waals surface area contributed by atoms with Gasteiger partial charge in [-0.05, 0) is 11.6 Å². The van der Waals surface area contributed by atoms with E-state index in [0.29, 0.717) is 32.1 Å². The van der Waals surface area contributed by atoms with Crippen molar-refractivity contribution in [2.24, 2.45) is 7.05 Å². The number of aryl methyl sites for hydroxylation is 1. The van der Waals surface area contributed by atoms with Gasteiger partial charge in [-0.15, -0.1) is 0 Å². The van der Waals surface area contributed by atoms with Crippen LogP contribution in [0.5, 0.6) is 0 Å². The zero-order chi connectivity index (χ0) is 15.8. The molecule has 23 heavy (non-hydrogen) atoms. The Hall–Kier alpha value is -1.64. The number of rotatable bonds is 2. The zero-order valence-corrected chi connectivity index (χ0v) is 13.8. The van der Waals surface area contributed by atoms with Gasteiger partial charge in [-0.3, -0.25) is 0 Å². The van der Waals surface area contributed by atoms with Crippen LogP contribution in [0, 0.1) is 0 Å². The molecule has 4 heterocycles. The Morgan fingerprint density at radius 3 is 2.13 bits per heavy atom. The van der Waals surface area contributed by atoms with Gasteiger partial charge in [0.2, 0.25) is 11.2 Å².